The van der Waals surface area contributed by atoms with Crippen molar-refractivity contribution in [2.24, 2.45) is 5.10 Å². The third kappa shape index (κ3) is 5.91. The highest BCUT2D eigenvalue weighted by molar-refractivity contribution is 6.40. The molecule has 30 heavy (non-hydrogen) atoms. The van der Waals surface area contributed by atoms with Crippen LogP contribution in [0.15, 0.2) is 53.6 Å². The molecule has 1 fully saturated rings. The van der Waals surface area contributed by atoms with Gasteiger partial charge in [-0.15, -0.1) is 0 Å². The lowest BCUT2D eigenvalue weighted by molar-refractivity contribution is -0.136. The van der Waals surface area contributed by atoms with Crippen LogP contribution in [0.5, 0.6) is 5.75 Å². The molecule has 1 aliphatic carbocycles. The Bertz CT molecular complexity index is 934. The highest BCUT2D eigenvalue weighted by atomic mass is 16.3. The van der Waals surface area contributed by atoms with Crippen molar-refractivity contribution in [3.8, 4) is 5.75 Å². The number of carbonyl (C=O) groups is 3. The molecule has 0 spiro atoms. The number of para-hydroxylation sites is 1. The molecular weight excluding hydrogens is 384 g/mol. The van der Waals surface area contributed by atoms with E-state index in [9.17, 15) is 19.5 Å². The highest BCUT2D eigenvalue weighted by Crippen LogP contribution is 2.20. The van der Waals surface area contributed by atoms with Crippen LogP contribution in [0.2, 0.25) is 0 Å². The van der Waals surface area contributed by atoms with E-state index in [-0.39, 0.29) is 23.4 Å². The van der Waals surface area contributed by atoms with Crippen LogP contribution in [0.3, 0.4) is 0 Å². The van der Waals surface area contributed by atoms with Crippen LogP contribution in [0.4, 0.5) is 5.69 Å². The van der Waals surface area contributed by atoms with Crippen molar-refractivity contribution in [3.63, 3.8) is 0 Å². The second kappa shape index (κ2) is 10.2. The molecular formula is C22H24N4O4. The second-order valence-corrected chi connectivity index (χ2v) is 7.10. The van der Waals surface area contributed by atoms with Crippen molar-refractivity contribution in [2.45, 2.75) is 38.1 Å². The Hall–Kier alpha value is -3.68. The van der Waals surface area contributed by atoms with Gasteiger partial charge >= 0.3 is 11.8 Å². The van der Waals surface area contributed by atoms with Gasteiger partial charge < -0.3 is 15.7 Å². The lowest BCUT2D eigenvalue weighted by atomic mass is 9.95. The van der Waals surface area contributed by atoms with Gasteiger partial charge in [-0.05, 0) is 54.8 Å². The van der Waals surface area contributed by atoms with Gasteiger partial charge in [-0.3, -0.25) is 14.4 Å². The minimum atomic E-state index is -0.965. The molecule has 2 aromatic rings. The molecule has 8 nitrogen and oxygen atoms in total. The van der Waals surface area contributed by atoms with Crippen molar-refractivity contribution in [1.82, 2.24) is 10.7 Å². The lowest BCUT2D eigenvalue weighted by Gasteiger charge is -2.23. The topological polar surface area (TPSA) is 120 Å². The third-order valence-corrected chi connectivity index (χ3v) is 4.84. The smallest absolute Gasteiger partial charge is 0.329 e. The first-order valence-corrected chi connectivity index (χ1v) is 9.86. The Morgan fingerprint density at radius 1 is 0.933 bits per heavy atom. The molecule has 156 valence electrons. The van der Waals surface area contributed by atoms with Crippen molar-refractivity contribution in [2.75, 3.05) is 5.32 Å². The quantitative estimate of drug-likeness (QED) is 0.345. The summed E-state index contributed by atoms with van der Waals surface area (Å²) in [5.41, 5.74) is 3.33. The highest BCUT2D eigenvalue weighted by Gasteiger charge is 2.20. The summed E-state index contributed by atoms with van der Waals surface area (Å²) in [5.74, 6) is -2.06. The zero-order chi connectivity index (χ0) is 21.3. The molecule has 0 heterocycles. The van der Waals surface area contributed by atoms with Crippen LogP contribution < -0.4 is 16.1 Å². The molecule has 4 N–H and O–H groups in total. The molecule has 3 amide bonds. The first kappa shape index (κ1) is 21.0. The summed E-state index contributed by atoms with van der Waals surface area (Å²) >= 11 is 0. The number of benzene rings is 2. The van der Waals surface area contributed by atoms with Crippen molar-refractivity contribution in [1.29, 1.82) is 0 Å². The van der Waals surface area contributed by atoms with E-state index in [1.807, 2.05) is 0 Å². The van der Waals surface area contributed by atoms with E-state index < -0.39 is 11.8 Å². The molecule has 0 radical (unpaired) electrons. The Morgan fingerprint density at radius 2 is 1.63 bits per heavy atom. The number of rotatable bonds is 5. The normalized spacial score (nSPS) is 14.3. The van der Waals surface area contributed by atoms with Gasteiger partial charge in [-0.2, -0.15) is 5.10 Å². The fourth-order valence-corrected chi connectivity index (χ4v) is 3.26. The minimum absolute atomic E-state index is 0.113. The van der Waals surface area contributed by atoms with E-state index in [4.69, 9.17) is 0 Å². The predicted octanol–water partition coefficient (Wildman–Crippen LogP) is 2.54. The first-order valence-electron chi connectivity index (χ1n) is 9.86. The van der Waals surface area contributed by atoms with Crippen molar-refractivity contribution in [3.05, 3.63) is 59.7 Å². The SMILES string of the molecule is O=C(NN=Cc1ccc(O)cc1)C(=O)Nc1ccccc1C(=O)NC1CCCCC1. The average Bonchev–Trinajstić information content (AvgIpc) is 2.76. The number of carbonyl (C=O) groups excluding carboxylic acids is 3. The number of hydrogen-bond acceptors (Lipinski definition) is 5. The molecule has 0 aliphatic heterocycles. The van der Waals surface area contributed by atoms with Gasteiger partial charge in [0.25, 0.3) is 5.91 Å². The standard InChI is InChI=1S/C22H24N4O4/c27-17-12-10-15(11-13-17)14-23-26-22(30)21(29)25-19-9-5-4-8-18(19)20(28)24-16-6-2-1-3-7-16/h4-5,8-14,16,27H,1-3,6-7H2,(H,24,28)(H,25,29)(H,26,30). The van der Waals surface area contributed by atoms with E-state index >= 15 is 0 Å². The van der Waals surface area contributed by atoms with Gasteiger partial charge in [0.2, 0.25) is 0 Å². The monoisotopic (exact) mass is 408 g/mol. The number of hydrogen-bond donors (Lipinski definition) is 4. The average molecular weight is 408 g/mol. The number of phenols is 1. The maximum atomic E-state index is 12.6. The van der Waals surface area contributed by atoms with Crippen molar-refractivity contribution >= 4 is 29.6 Å². The number of nitrogens with zero attached hydrogens (tertiary/aromatic N) is 1. The Labute approximate surface area is 174 Å². The summed E-state index contributed by atoms with van der Waals surface area (Å²) in [4.78, 5) is 36.8. The Balaban J connectivity index is 1.58. The van der Waals surface area contributed by atoms with E-state index in [1.54, 1.807) is 36.4 Å². The summed E-state index contributed by atoms with van der Waals surface area (Å²) in [6.07, 6.45) is 6.60. The molecule has 0 unspecified atom stereocenters. The van der Waals surface area contributed by atoms with E-state index in [1.165, 1.54) is 24.8 Å². The Kier molecular flexibility index (Phi) is 7.15. The fourth-order valence-electron chi connectivity index (χ4n) is 3.26. The van der Waals surface area contributed by atoms with Crippen LogP contribution in [-0.4, -0.2) is 35.1 Å². The lowest BCUT2D eigenvalue weighted by Crippen LogP contribution is -2.37. The molecule has 8 heteroatoms. The predicted molar refractivity (Wildman–Crippen MR) is 113 cm³/mol. The van der Waals surface area contributed by atoms with Gasteiger partial charge in [0, 0.05) is 6.04 Å². The van der Waals surface area contributed by atoms with Crippen LogP contribution >= 0.6 is 0 Å². The molecule has 0 bridgehead atoms. The van der Waals surface area contributed by atoms with Crippen LogP contribution in [0.25, 0.3) is 0 Å². The number of phenolic OH excluding ortho intramolecular Hbond substituents is 1. The molecule has 1 saturated carbocycles. The van der Waals surface area contributed by atoms with Crippen LogP contribution in [-0.2, 0) is 9.59 Å². The molecule has 0 atom stereocenters. The largest absolute Gasteiger partial charge is 0.508 e. The fraction of sp³-hybridized carbons (Fsp3) is 0.273. The number of nitrogens with one attached hydrogen (secondary N) is 3. The number of anilines is 1. The Morgan fingerprint density at radius 3 is 2.37 bits per heavy atom. The van der Waals surface area contributed by atoms with E-state index in [0.717, 1.165) is 25.7 Å². The maximum absolute atomic E-state index is 12.6. The summed E-state index contributed by atoms with van der Waals surface area (Å²) in [7, 11) is 0. The van der Waals surface area contributed by atoms with Gasteiger partial charge in [-0.1, -0.05) is 31.4 Å². The van der Waals surface area contributed by atoms with Gasteiger partial charge in [0.1, 0.15) is 5.75 Å². The molecule has 1 aliphatic rings. The maximum Gasteiger partial charge on any atom is 0.329 e. The summed E-state index contributed by atoms with van der Waals surface area (Å²) in [6, 6.07) is 12.8. The summed E-state index contributed by atoms with van der Waals surface area (Å²) in [6.45, 7) is 0. The zero-order valence-corrected chi connectivity index (χ0v) is 16.4. The number of hydrazone groups is 1. The zero-order valence-electron chi connectivity index (χ0n) is 16.4. The van der Waals surface area contributed by atoms with E-state index in [2.05, 4.69) is 21.2 Å². The molecule has 2 aromatic carbocycles. The summed E-state index contributed by atoms with van der Waals surface area (Å²) in [5, 5.41) is 18.4. The number of aromatic hydroxyl groups is 1. The van der Waals surface area contributed by atoms with E-state index in [0.29, 0.717) is 11.1 Å². The summed E-state index contributed by atoms with van der Waals surface area (Å²) < 4.78 is 0. The van der Waals surface area contributed by atoms with Gasteiger partial charge in [-0.25, -0.2) is 5.43 Å². The first-order chi connectivity index (χ1) is 14.5. The van der Waals surface area contributed by atoms with Gasteiger partial charge in [0.15, 0.2) is 0 Å². The molecule has 0 aromatic heterocycles. The molecule has 0 saturated heterocycles. The number of amides is 3. The van der Waals surface area contributed by atoms with Gasteiger partial charge in [0.05, 0.1) is 17.5 Å². The molecule has 3 rings (SSSR count). The second-order valence-electron chi connectivity index (χ2n) is 7.10. The minimum Gasteiger partial charge on any atom is -0.508 e. The van der Waals surface area contributed by atoms with Crippen molar-refractivity contribution < 1.29 is 19.5 Å². The van der Waals surface area contributed by atoms with Crippen LogP contribution in [0, 0.1) is 0 Å². The van der Waals surface area contributed by atoms with Crippen LogP contribution in [0.1, 0.15) is 48.0 Å². The third-order valence-electron chi connectivity index (χ3n) is 4.84.